The maximum absolute atomic E-state index is 13.0. The summed E-state index contributed by atoms with van der Waals surface area (Å²) in [6, 6.07) is 15.9. The summed E-state index contributed by atoms with van der Waals surface area (Å²) in [5.41, 5.74) is 5.54. The van der Waals surface area contributed by atoms with Gasteiger partial charge < -0.3 is 20.3 Å². The van der Waals surface area contributed by atoms with Crippen molar-refractivity contribution in [1.29, 1.82) is 0 Å². The van der Waals surface area contributed by atoms with Crippen molar-refractivity contribution in [2.45, 2.75) is 39.8 Å². The van der Waals surface area contributed by atoms with Crippen molar-refractivity contribution >= 4 is 17.7 Å². The first-order valence-electron chi connectivity index (χ1n) is 12.0. The molecule has 0 aliphatic carbocycles. The SMILES string of the molecule is CCOC(=O)C1=C(CN2CCN(c3cccc(C)c3)C(C)C2)NC(=O)NC1c1ccc(C)cc1. The molecule has 2 atom stereocenters. The average Bonchev–Trinajstić information content (AvgIpc) is 2.79. The van der Waals surface area contributed by atoms with Gasteiger partial charge in [-0.2, -0.15) is 0 Å². The van der Waals surface area contributed by atoms with Crippen LogP contribution in [0.15, 0.2) is 59.8 Å². The van der Waals surface area contributed by atoms with E-state index in [1.807, 2.05) is 31.2 Å². The number of ether oxygens (including phenoxy) is 1. The van der Waals surface area contributed by atoms with E-state index >= 15 is 0 Å². The number of aryl methyl sites for hydroxylation is 2. The third kappa shape index (κ3) is 5.25. The van der Waals surface area contributed by atoms with Crippen LogP contribution in [-0.2, 0) is 9.53 Å². The lowest BCUT2D eigenvalue weighted by Crippen LogP contribution is -2.54. The van der Waals surface area contributed by atoms with Crippen LogP contribution in [0.25, 0.3) is 0 Å². The van der Waals surface area contributed by atoms with Gasteiger partial charge in [-0.3, -0.25) is 4.90 Å². The number of hydrogen-bond acceptors (Lipinski definition) is 5. The molecule has 0 saturated carbocycles. The summed E-state index contributed by atoms with van der Waals surface area (Å²) < 4.78 is 5.40. The fraction of sp³-hybridized carbons (Fsp3) is 0.407. The number of rotatable bonds is 6. The van der Waals surface area contributed by atoms with Crippen LogP contribution < -0.4 is 15.5 Å². The normalized spacial score (nSPS) is 21.2. The minimum Gasteiger partial charge on any atom is -0.463 e. The highest BCUT2D eigenvalue weighted by Crippen LogP contribution is 2.29. The topological polar surface area (TPSA) is 73.9 Å². The number of carbonyl (C=O) groups is 2. The van der Waals surface area contributed by atoms with E-state index in [4.69, 9.17) is 4.74 Å². The fourth-order valence-electron chi connectivity index (χ4n) is 4.79. The molecule has 34 heavy (non-hydrogen) atoms. The zero-order valence-electron chi connectivity index (χ0n) is 20.4. The third-order valence-electron chi connectivity index (χ3n) is 6.49. The second kappa shape index (κ2) is 10.3. The molecular weight excluding hydrogens is 428 g/mol. The molecular formula is C27H34N4O3. The Morgan fingerprint density at radius 3 is 2.53 bits per heavy atom. The van der Waals surface area contributed by atoms with Gasteiger partial charge in [0, 0.05) is 43.6 Å². The number of nitrogens with zero attached hydrogens (tertiary/aromatic N) is 2. The zero-order valence-corrected chi connectivity index (χ0v) is 20.4. The monoisotopic (exact) mass is 462 g/mol. The van der Waals surface area contributed by atoms with Crippen molar-refractivity contribution in [3.05, 3.63) is 76.5 Å². The van der Waals surface area contributed by atoms with Crippen LogP contribution >= 0.6 is 0 Å². The Balaban J connectivity index is 1.58. The molecule has 7 heteroatoms. The predicted molar refractivity (Wildman–Crippen MR) is 134 cm³/mol. The third-order valence-corrected chi connectivity index (χ3v) is 6.49. The molecule has 2 N–H and O–H groups in total. The smallest absolute Gasteiger partial charge is 0.338 e. The summed E-state index contributed by atoms with van der Waals surface area (Å²) in [7, 11) is 0. The maximum atomic E-state index is 13.0. The lowest BCUT2D eigenvalue weighted by Gasteiger charge is -2.42. The van der Waals surface area contributed by atoms with Crippen molar-refractivity contribution in [1.82, 2.24) is 15.5 Å². The molecule has 180 valence electrons. The predicted octanol–water partition coefficient (Wildman–Crippen LogP) is 3.69. The van der Waals surface area contributed by atoms with Gasteiger partial charge in [0.05, 0.1) is 18.2 Å². The van der Waals surface area contributed by atoms with Gasteiger partial charge in [0.2, 0.25) is 0 Å². The average molecular weight is 463 g/mol. The quantitative estimate of drug-likeness (QED) is 0.641. The van der Waals surface area contributed by atoms with Crippen LogP contribution in [-0.4, -0.2) is 55.7 Å². The number of nitrogens with one attached hydrogen (secondary N) is 2. The van der Waals surface area contributed by atoms with Gasteiger partial charge in [-0.25, -0.2) is 9.59 Å². The number of esters is 1. The van der Waals surface area contributed by atoms with Gasteiger partial charge in [0.15, 0.2) is 0 Å². The largest absolute Gasteiger partial charge is 0.463 e. The first-order chi connectivity index (χ1) is 16.4. The van der Waals surface area contributed by atoms with E-state index < -0.39 is 12.0 Å². The maximum Gasteiger partial charge on any atom is 0.338 e. The van der Waals surface area contributed by atoms with Crippen LogP contribution in [0.4, 0.5) is 10.5 Å². The van der Waals surface area contributed by atoms with Gasteiger partial charge in [-0.05, 0) is 51.0 Å². The molecule has 7 nitrogen and oxygen atoms in total. The van der Waals surface area contributed by atoms with Crippen molar-refractivity contribution in [3.63, 3.8) is 0 Å². The Morgan fingerprint density at radius 2 is 1.85 bits per heavy atom. The molecule has 2 aliphatic heterocycles. The van der Waals surface area contributed by atoms with E-state index in [1.165, 1.54) is 11.3 Å². The van der Waals surface area contributed by atoms with Gasteiger partial charge in [0.25, 0.3) is 0 Å². The Bertz CT molecular complexity index is 1080. The van der Waals surface area contributed by atoms with E-state index in [1.54, 1.807) is 6.92 Å². The number of carbonyl (C=O) groups excluding carboxylic acids is 2. The Hall–Kier alpha value is -3.32. The van der Waals surface area contributed by atoms with Gasteiger partial charge in [-0.15, -0.1) is 0 Å². The highest BCUT2D eigenvalue weighted by molar-refractivity contribution is 5.95. The molecule has 2 amide bonds. The lowest BCUT2D eigenvalue weighted by atomic mass is 9.94. The van der Waals surface area contributed by atoms with E-state index in [2.05, 4.69) is 58.5 Å². The molecule has 0 spiro atoms. The lowest BCUT2D eigenvalue weighted by molar-refractivity contribution is -0.139. The summed E-state index contributed by atoms with van der Waals surface area (Å²) in [4.78, 5) is 30.3. The van der Waals surface area contributed by atoms with Gasteiger partial charge >= 0.3 is 12.0 Å². The second-order valence-electron chi connectivity index (χ2n) is 9.17. The van der Waals surface area contributed by atoms with Crippen molar-refractivity contribution in [2.75, 3.05) is 37.7 Å². The van der Waals surface area contributed by atoms with Crippen LogP contribution in [0.5, 0.6) is 0 Å². The van der Waals surface area contributed by atoms with E-state index in [0.29, 0.717) is 23.9 Å². The summed E-state index contributed by atoms with van der Waals surface area (Å²) in [5, 5.41) is 5.82. The molecule has 0 radical (unpaired) electrons. The molecule has 2 aliphatic rings. The molecule has 2 heterocycles. The van der Waals surface area contributed by atoms with Crippen molar-refractivity contribution < 1.29 is 14.3 Å². The van der Waals surface area contributed by atoms with Gasteiger partial charge in [0.1, 0.15) is 0 Å². The molecule has 2 aromatic rings. The Labute approximate surface area is 201 Å². The minimum absolute atomic E-state index is 0.274. The number of piperazine rings is 1. The molecule has 2 unspecified atom stereocenters. The standard InChI is InChI=1S/C27H34N4O3/c1-5-34-26(32)24-23(28-27(33)29-25(24)21-11-9-18(2)10-12-21)17-30-13-14-31(20(4)16-30)22-8-6-7-19(3)15-22/h6-12,15,20,25H,5,13-14,16-17H2,1-4H3,(H2,28,29,33). The van der Waals surface area contributed by atoms with Crippen molar-refractivity contribution in [3.8, 4) is 0 Å². The number of anilines is 1. The Kier molecular flexibility index (Phi) is 7.22. The van der Waals surface area contributed by atoms with Crippen LogP contribution in [0.3, 0.4) is 0 Å². The number of hydrogen-bond donors (Lipinski definition) is 2. The number of amides is 2. The molecule has 0 aromatic heterocycles. The summed E-state index contributed by atoms with van der Waals surface area (Å²) in [6.45, 7) is 11.4. The Morgan fingerprint density at radius 1 is 1.09 bits per heavy atom. The first-order valence-corrected chi connectivity index (χ1v) is 12.0. The zero-order chi connectivity index (χ0) is 24.2. The number of urea groups is 1. The van der Waals surface area contributed by atoms with Crippen LogP contribution in [0, 0.1) is 13.8 Å². The molecule has 4 rings (SSSR count). The summed E-state index contributed by atoms with van der Waals surface area (Å²) >= 11 is 0. The molecule has 2 aromatic carbocycles. The van der Waals surface area contributed by atoms with Gasteiger partial charge in [-0.1, -0.05) is 42.0 Å². The first kappa shape index (κ1) is 23.8. The highest BCUT2D eigenvalue weighted by Gasteiger charge is 2.35. The van der Waals surface area contributed by atoms with E-state index in [9.17, 15) is 9.59 Å². The minimum atomic E-state index is -0.547. The summed E-state index contributed by atoms with van der Waals surface area (Å²) in [5.74, 6) is -0.401. The van der Waals surface area contributed by atoms with Crippen molar-refractivity contribution in [2.24, 2.45) is 0 Å². The molecule has 1 saturated heterocycles. The summed E-state index contributed by atoms with van der Waals surface area (Å²) in [6.07, 6.45) is 0. The fourth-order valence-corrected chi connectivity index (χ4v) is 4.79. The van der Waals surface area contributed by atoms with Crippen LogP contribution in [0.1, 0.15) is 36.6 Å². The van der Waals surface area contributed by atoms with E-state index in [-0.39, 0.29) is 12.6 Å². The van der Waals surface area contributed by atoms with E-state index in [0.717, 1.165) is 30.8 Å². The highest BCUT2D eigenvalue weighted by atomic mass is 16.5. The number of benzene rings is 2. The molecule has 1 fully saturated rings. The van der Waals surface area contributed by atoms with Crippen LogP contribution in [0.2, 0.25) is 0 Å². The second-order valence-corrected chi connectivity index (χ2v) is 9.17. The molecule has 0 bridgehead atoms.